The third kappa shape index (κ3) is 3.56. The van der Waals surface area contributed by atoms with E-state index in [2.05, 4.69) is 19.2 Å². The topological polar surface area (TPSA) is 65.4 Å². The Balaban J connectivity index is 2.32. The van der Waals surface area contributed by atoms with Crippen LogP contribution in [0.25, 0.3) is 0 Å². The third-order valence-corrected chi connectivity index (χ3v) is 4.06. The van der Waals surface area contributed by atoms with E-state index in [0.29, 0.717) is 17.3 Å². The molecule has 1 aromatic rings. The van der Waals surface area contributed by atoms with Crippen LogP contribution >= 0.6 is 0 Å². The van der Waals surface area contributed by atoms with E-state index in [-0.39, 0.29) is 0 Å². The number of aromatic nitrogens is 1. The van der Waals surface area contributed by atoms with Gasteiger partial charge in [-0.05, 0) is 55.9 Å². The summed E-state index contributed by atoms with van der Waals surface area (Å²) in [6, 6.07) is 3.68. The summed E-state index contributed by atoms with van der Waals surface area (Å²) < 4.78 is 0. The van der Waals surface area contributed by atoms with Crippen LogP contribution in [-0.2, 0) is 0 Å². The van der Waals surface area contributed by atoms with Crippen LogP contribution in [0, 0.1) is 0 Å². The second-order valence-corrected chi connectivity index (χ2v) is 5.46. The lowest BCUT2D eigenvalue weighted by molar-refractivity contribution is 0.425. The second-order valence-electron chi connectivity index (χ2n) is 5.46. The largest absolute Gasteiger partial charge is 0.488 e. The minimum Gasteiger partial charge on any atom is -0.423 e. The summed E-state index contributed by atoms with van der Waals surface area (Å²) in [5.41, 5.74) is 2.56. The van der Waals surface area contributed by atoms with E-state index in [9.17, 15) is 10.0 Å². The molecule has 2 rings (SSSR count). The third-order valence-electron chi connectivity index (χ3n) is 4.06. The van der Waals surface area contributed by atoms with Crippen LogP contribution in [-0.4, -0.2) is 35.2 Å². The van der Waals surface area contributed by atoms with E-state index in [0.717, 1.165) is 43.7 Å². The van der Waals surface area contributed by atoms with Crippen LogP contribution in [0.15, 0.2) is 12.1 Å². The maximum atomic E-state index is 9.44. The Hall–Kier alpha value is -0.905. The van der Waals surface area contributed by atoms with E-state index in [1.165, 1.54) is 0 Å². The average molecular weight is 262 g/mol. The molecule has 1 aromatic heterocycles. The molecule has 1 atom stereocenters. The molecule has 1 aliphatic rings. The molecule has 0 aliphatic carbocycles. The molecule has 1 saturated heterocycles. The van der Waals surface area contributed by atoms with Crippen molar-refractivity contribution in [2.45, 2.75) is 44.9 Å². The van der Waals surface area contributed by atoms with Crippen LogP contribution in [0.4, 0.5) is 0 Å². The van der Waals surface area contributed by atoms with Gasteiger partial charge in [-0.15, -0.1) is 0 Å². The van der Waals surface area contributed by atoms with Crippen LogP contribution in [0.5, 0.6) is 0 Å². The van der Waals surface area contributed by atoms with Crippen LogP contribution in [0.3, 0.4) is 0 Å². The number of piperidine rings is 1. The molecular formula is C14H23BN2O2. The van der Waals surface area contributed by atoms with Crippen molar-refractivity contribution >= 4 is 12.6 Å². The van der Waals surface area contributed by atoms with Crippen molar-refractivity contribution in [2.24, 2.45) is 0 Å². The summed E-state index contributed by atoms with van der Waals surface area (Å²) in [5.74, 6) is 0.780. The van der Waals surface area contributed by atoms with E-state index < -0.39 is 7.12 Å². The zero-order valence-electron chi connectivity index (χ0n) is 11.8. The quantitative estimate of drug-likeness (QED) is 0.700. The molecule has 0 bridgehead atoms. The molecule has 104 valence electrons. The summed E-state index contributed by atoms with van der Waals surface area (Å²) in [6.07, 6.45) is 3.14. The fraction of sp³-hybridized carbons (Fsp3) is 0.643. The van der Waals surface area contributed by atoms with Gasteiger partial charge in [0, 0.05) is 17.3 Å². The van der Waals surface area contributed by atoms with Gasteiger partial charge < -0.3 is 15.4 Å². The lowest BCUT2D eigenvalue weighted by Crippen LogP contribution is -2.33. The first-order chi connectivity index (χ1) is 9.11. The van der Waals surface area contributed by atoms with E-state index >= 15 is 0 Å². The van der Waals surface area contributed by atoms with Crippen molar-refractivity contribution in [1.82, 2.24) is 10.3 Å². The Kier molecular flexibility index (Phi) is 4.96. The Morgan fingerprint density at radius 1 is 1.37 bits per heavy atom. The highest BCUT2D eigenvalue weighted by Crippen LogP contribution is 2.25. The molecule has 1 unspecified atom stereocenters. The fourth-order valence-corrected chi connectivity index (χ4v) is 2.53. The number of hydrogen-bond acceptors (Lipinski definition) is 4. The molecule has 4 nitrogen and oxygen atoms in total. The fourth-order valence-electron chi connectivity index (χ4n) is 2.53. The van der Waals surface area contributed by atoms with E-state index in [4.69, 9.17) is 4.98 Å². The molecule has 19 heavy (non-hydrogen) atoms. The average Bonchev–Trinajstić information content (AvgIpc) is 2.46. The summed E-state index contributed by atoms with van der Waals surface area (Å²) in [4.78, 5) is 4.76. The predicted molar refractivity (Wildman–Crippen MR) is 77.6 cm³/mol. The number of nitrogens with one attached hydrogen (secondary N) is 1. The zero-order valence-corrected chi connectivity index (χ0v) is 11.8. The monoisotopic (exact) mass is 262 g/mol. The smallest absolute Gasteiger partial charge is 0.423 e. The van der Waals surface area contributed by atoms with Gasteiger partial charge in [-0.3, -0.25) is 4.98 Å². The van der Waals surface area contributed by atoms with Gasteiger partial charge in [0.05, 0.1) is 0 Å². The summed E-state index contributed by atoms with van der Waals surface area (Å²) in [6.45, 7) is 6.27. The van der Waals surface area contributed by atoms with Gasteiger partial charge in [0.25, 0.3) is 0 Å². The summed E-state index contributed by atoms with van der Waals surface area (Å²) in [5, 5.41) is 22.2. The maximum Gasteiger partial charge on any atom is 0.488 e. The first kappa shape index (κ1) is 14.5. The molecule has 5 heteroatoms. The van der Waals surface area contributed by atoms with Crippen LogP contribution < -0.4 is 10.8 Å². The van der Waals surface area contributed by atoms with Crippen molar-refractivity contribution in [3.63, 3.8) is 0 Å². The minimum atomic E-state index is -1.41. The van der Waals surface area contributed by atoms with Crippen LogP contribution in [0.1, 0.15) is 56.3 Å². The second kappa shape index (κ2) is 6.50. The van der Waals surface area contributed by atoms with Gasteiger partial charge in [-0.2, -0.15) is 0 Å². The summed E-state index contributed by atoms with van der Waals surface area (Å²) >= 11 is 0. The zero-order chi connectivity index (χ0) is 13.8. The molecule has 2 heterocycles. The van der Waals surface area contributed by atoms with E-state index in [1.807, 2.05) is 12.1 Å². The van der Waals surface area contributed by atoms with E-state index in [1.54, 1.807) is 0 Å². The number of pyridine rings is 1. The molecule has 0 aromatic carbocycles. The maximum absolute atomic E-state index is 9.44. The normalized spacial score (nSPS) is 18.3. The molecular weight excluding hydrogens is 239 g/mol. The van der Waals surface area contributed by atoms with Gasteiger partial charge in [0.2, 0.25) is 0 Å². The number of hydrogen-bond donors (Lipinski definition) is 3. The van der Waals surface area contributed by atoms with Gasteiger partial charge in [0.15, 0.2) is 0 Å². The van der Waals surface area contributed by atoms with Crippen molar-refractivity contribution in [1.29, 1.82) is 0 Å². The van der Waals surface area contributed by atoms with Gasteiger partial charge in [0.1, 0.15) is 0 Å². The minimum absolute atomic E-state index is 0.346. The first-order valence-corrected chi connectivity index (χ1v) is 7.20. The highest BCUT2D eigenvalue weighted by atomic mass is 16.4. The van der Waals surface area contributed by atoms with Gasteiger partial charge >= 0.3 is 7.12 Å². The van der Waals surface area contributed by atoms with Crippen LogP contribution in [0.2, 0.25) is 0 Å². The Labute approximate surface area is 115 Å². The molecule has 1 aliphatic heterocycles. The molecule has 0 radical (unpaired) electrons. The molecule has 0 amide bonds. The molecule has 0 saturated carbocycles. The van der Waals surface area contributed by atoms with Gasteiger partial charge in [-0.25, -0.2) is 0 Å². The lowest BCUT2D eigenvalue weighted by atomic mass is 9.78. The van der Waals surface area contributed by atoms with Crippen molar-refractivity contribution in [3.05, 3.63) is 23.5 Å². The molecule has 3 N–H and O–H groups in total. The van der Waals surface area contributed by atoms with Gasteiger partial charge in [-0.1, -0.05) is 13.8 Å². The Bertz CT molecular complexity index is 420. The number of rotatable bonds is 4. The highest BCUT2D eigenvalue weighted by Gasteiger charge is 2.21. The highest BCUT2D eigenvalue weighted by molar-refractivity contribution is 6.58. The number of nitrogens with zero attached hydrogens (tertiary/aromatic N) is 1. The Morgan fingerprint density at radius 3 is 2.63 bits per heavy atom. The lowest BCUT2D eigenvalue weighted by Gasteiger charge is -2.24. The summed E-state index contributed by atoms with van der Waals surface area (Å²) in [7, 11) is -1.41. The SMILES string of the molecule is CCC(C)c1cc(B(O)O)cc(C2CCNCC2)n1. The molecule has 0 spiro atoms. The Morgan fingerprint density at radius 2 is 2.05 bits per heavy atom. The predicted octanol–water partition coefficient (Wildman–Crippen LogP) is 0.742. The van der Waals surface area contributed by atoms with Crippen molar-refractivity contribution in [2.75, 3.05) is 13.1 Å². The standard InChI is InChI=1S/C14H23BN2O2/c1-3-10(2)13-8-12(15(18)19)9-14(17-13)11-4-6-16-7-5-11/h8-11,16,18-19H,3-7H2,1-2H3. The van der Waals surface area contributed by atoms with Crippen molar-refractivity contribution in [3.8, 4) is 0 Å². The molecule has 1 fully saturated rings. The van der Waals surface area contributed by atoms with Crippen molar-refractivity contribution < 1.29 is 10.0 Å². The first-order valence-electron chi connectivity index (χ1n) is 7.20.